The Bertz CT molecular complexity index is 981. The molecular formula is C18H16ClFN4O. The number of carbonyl (C=O) groups is 1. The van der Waals surface area contributed by atoms with Crippen molar-refractivity contribution in [3.8, 4) is 0 Å². The first-order valence-corrected chi connectivity index (χ1v) is 7.95. The first kappa shape index (κ1) is 17.1. The average molecular weight is 359 g/mol. The van der Waals surface area contributed by atoms with Crippen LogP contribution in [0.1, 0.15) is 16.8 Å². The van der Waals surface area contributed by atoms with Gasteiger partial charge in [0.1, 0.15) is 5.82 Å². The standard InChI is InChI=1S/C18H16ClFN4O/c1-11-2-5-14-16(6-7-18(25)22-21)23-24(17(14)8-11)10-12-3-4-13(20)9-15(12)19/h2-9H,10,21H2,1H3,(H,22,25). The maximum atomic E-state index is 13.2. The van der Waals surface area contributed by atoms with Crippen LogP contribution in [0.4, 0.5) is 4.39 Å². The van der Waals surface area contributed by atoms with Crippen LogP contribution < -0.4 is 11.3 Å². The fourth-order valence-corrected chi connectivity index (χ4v) is 2.79. The van der Waals surface area contributed by atoms with Crippen LogP contribution in [0.2, 0.25) is 5.02 Å². The SMILES string of the molecule is Cc1ccc2c(C=CC(=O)NN)nn(Cc3ccc(F)cc3Cl)c2c1. The number of hydrogen-bond acceptors (Lipinski definition) is 3. The molecule has 0 spiro atoms. The Balaban J connectivity index is 2.06. The summed E-state index contributed by atoms with van der Waals surface area (Å²) < 4.78 is 15.0. The second kappa shape index (κ2) is 7.04. The van der Waals surface area contributed by atoms with Crippen LogP contribution in [0.15, 0.2) is 42.5 Å². The van der Waals surface area contributed by atoms with E-state index in [1.54, 1.807) is 16.8 Å². The van der Waals surface area contributed by atoms with Crippen molar-refractivity contribution in [1.29, 1.82) is 0 Å². The zero-order valence-corrected chi connectivity index (χ0v) is 14.2. The summed E-state index contributed by atoms with van der Waals surface area (Å²) in [6.45, 7) is 2.37. The van der Waals surface area contributed by atoms with Crippen LogP contribution in [0.5, 0.6) is 0 Å². The molecule has 0 saturated carbocycles. The second-order valence-corrected chi connectivity index (χ2v) is 6.05. The molecule has 3 aromatic rings. The zero-order chi connectivity index (χ0) is 18.0. The molecule has 0 unspecified atom stereocenters. The maximum absolute atomic E-state index is 13.2. The van der Waals surface area contributed by atoms with E-state index in [9.17, 15) is 9.18 Å². The molecule has 5 nitrogen and oxygen atoms in total. The van der Waals surface area contributed by atoms with Crippen LogP contribution in [-0.4, -0.2) is 15.7 Å². The molecular weight excluding hydrogens is 343 g/mol. The quantitative estimate of drug-likeness (QED) is 0.325. The Labute approximate surface area is 148 Å². The largest absolute Gasteiger partial charge is 0.291 e. The molecule has 1 aromatic heterocycles. The number of carbonyl (C=O) groups excluding carboxylic acids is 1. The minimum atomic E-state index is -0.420. The molecule has 0 radical (unpaired) electrons. The third kappa shape index (κ3) is 3.70. The highest BCUT2D eigenvalue weighted by molar-refractivity contribution is 6.31. The van der Waals surface area contributed by atoms with Crippen LogP contribution in [0, 0.1) is 12.7 Å². The Hall–Kier alpha value is -2.70. The predicted molar refractivity (Wildman–Crippen MR) is 96.3 cm³/mol. The number of aromatic nitrogens is 2. The topological polar surface area (TPSA) is 72.9 Å². The number of hydrogen-bond donors (Lipinski definition) is 2. The molecule has 3 rings (SSSR count). The minimum absolute atomic E-state index is 0.343. The van der Waals surface area contributed by atoms with Crippen molar-refractivity contribution in [2.75, 3.05) is 0 Å². The summed E-state index contributed by atoms with van der Waals surface area (Å²) in [5.74, 6) is 4.28. The fourth-order valence-electron chi connectivity index (χ4n) is 2.57. The second-order valence-electron chi connectivity index (χ2n) is 5.64. The van der Waals surface area contributed by atoms with E-state index >= 15 is 0 Å². The summed E-state index contributed by atoms with van der Waals surface area (Å²) in [4.78, 5) is 11.3. The number of fused-ring (bicyclic) bond motifs is 1. The minimum Gasteiger partial charge on any atom is -0.291 e. The van der Waals surface area contributed by atoms with E-state index in [-0.39, 0.29) is 5.82 Å². The summed E-state index contributed by atoms with van der Waals surface area (Å²) >= 11 is 6.13. The first-order valence-electron chi connectivity index (χ1n) is 7.57. The van der Waals surface area contributed by atoms with Crippen LogP contribution in [-0.2, 0) is 11.3 Å². The van der Waals surface area contributed by atoms with Crippen molar-refractivity contribution < 1.29 is 9.18 Å². The smallest absolute Gasteiger partial charge is 0.257 e. The average Bonchev–Trinajstić information content (AvgIpc) is 2.92. The number of hydrazine groups is 1. The Morgan fingerprint density at radius 2 is 2.16 bits per heavy atom. The van der Waals surface area contributed by atoms with E-state index in [0.29, 0.717) is 17.3 Å². The number of aryl methyl sites for hydroxylation is 1. The Morgan fingerprint density at radius 3 is 2.88 bits per heavy atom. The van der Waals surface area contributed by atoms with Gasteiger partial charge in [0.25, 0.3) is 5.91 Å². The van der Waals surface area contributed by atoms with Crippen LogP contribution in [0.3, 0.4) is 0 Å². The molecule has 3 N–H and O–H groups in total. The van der Waals surface area contributed by atoms with Gasteiger partial charge in [-0.25, -0.2) is 10.2 Å². The molecule has 0 atom stereocenters. The number of nitrogens with one attached hydrogen (secondary N) is 1. The van der Waals surface area contributed by atoms with Crippen molar-refractivity contribution in [3.05, 3.63) is 70.1 Å². The van der Waals surface area contributed by atoms with Crippen LogP contribution in [0.25, 0.3) is 17.0 Å². The van der Waals surface area contributed by atoms with Gasteiger partial charge in [-0.2, -0.15) is 5.10 Å². The maximum Gasteiger partial charge on any atom is 0.257 e. The van der Waals surface area contributed by atoms with E-state index < -0.39 is 5.91 Å². The molecule has 0 fully saturated rings. The van der Waals surface area contributed by atoms with E-state index in [4.69, 9.17) is 17.4 Å². The highest BCUT2D eigenvalue weighted by atomic mass is 35.5. The highest BCUT2D eigenvalue weighted by Crippen LogP contribution is 2.24. The third-order valence-electron chi connectivity index (χ3n) is 3.81. The summed E-state index contributed by atoms with van der Waals surface area (Å²) in [6.07, 6.45) is 2.92. The van der Waals surface area contributed by atoms with Gasteiger partial charge in [0.05, 0.1) is 17.8 Å². The first-order chi connectivity index (χ1) is 12.0. The van der Waals surface area contributed by atoms with Crippen molar-refractivity contribution >= 4 is 34.5 Å². The molecule has 2 aromatic carbocycles. The lowest BCUT2D eigenvalue weighted by Gasteiger charge is -2.06. The number of nitrogens with zero attached hydrogens (tertiary/aromatic N) is 2. The van der Waals surface area contributed by atoms with Crippen molar-refractivity contribution in [2.24, 2.45) is 5.84 Å². The molecule has 1 heterocycles. The number of rotatable bonds is 4. The van der Waals surface area contributed by atoms with Gasteiger partial charge in [-0.15, -0.1) is 0 Å². The number of nitrogens with two attached hydrogens (primary N) is 1. The predicted octanol–water partition coefficient (Wildman–Crippen LogP) is 3.19. The van der Waals surface area contributed by atoms with E-state index in [0.717, 1.165) is 22.0 Å². The lowest BCUT2D eigenvalue weighted by atomic mass is 10.1. The van der Waals surface area contributed by atoms with E-state index in [1.165, 1.54) is 18.2 Å². The summed E-state index contributed by atoms with van der Waals surface area (Å²) in [6, 6.07) is 10.2. The molecule has 0 aliphatic rings. The monoisotopic (exact) mass is 358 g/mol. The molecule has 1 amide bonds. The third-order valence-corrected chi connectivity index (χ3v) is 4.16. The zero-order valence-electron chi connectivity index (χ0n) is 13.5. The summed E-state index contributed by atoms with van der Waals surface area (Å²) in [5, 5.41) is 5.79. The van der Waals surface area contributed by atoms with Gasteiger partial charge in [0, 0.05) is 16.5 Å². The number of benzene rings is 2. The molecule has 0 aliphatic carbocycles. The Kier molecular flexibility index (Phi) is 4.83. The van der Waals surface area contributed by atoms with Crippen molar-refractivity contribution in [3.63, 3.8) is 0 Å². The van der Waals surface area contributed by atoms with Gasteiger partial charge in [-0.1, -0.05) is 29.8 Å². The molecule has 128 valence electrons. The molecule has 0 bridgehead atoms. The molecule has 25 heavy (non-hydrogen) atoms. The molecule has 0 aliphatic heterocycles. The van der Waals surface area contributed by atoms with E-state index in [2.05, 4.69) is 5.10 Å². The number of amides is 1. The van der Waals surface area contributed by atoms with E-state index in [1.807, 2.05) is 30.5 Å². The van der Waals surface area contributed by atoms with Gasteiger partial charge in [0.15, 0.2) is 0 Å². The van der Waals surface area contributed by atoms with Gasteiger partial charge >= 0.3 is 0 Å². The van der Waals surface area contributed by atoms with Crippen LogP contribution >= 0.6 is 11.6 Å². The molecule has 0 saturated heterocycles. The molecule has 7 heteroatoms. The summed E-state index contributed by atoms with van der Waals surface area (Å²) in [7, 11) is 0. The van der Waals surface area contributed by atoms with Crippen molar-refractivity contribution in [2.45, 2.75) is 13.5 Å². The van der Waals surface area contributed by atoms with Gasteiger partial charge in [0.2, 0.25) is 0 Å². The normalized spacial score (nSPS) is 11.4. The lowest BCUT2D eigenvalue weighted by Crippen LogP contribution is -2.27. The van der Waals surface area contributed by atoms with Crippen molar-refractivity contribution in [1.82, 2.24) is 15.2 Å². The number of halogens is 2. The fraction of sp³-hybridized carbons (Fsp3) is 0.111. The highest BCUT2D eigenvalue weighted by Gasteiger charge is 2.11. The van der Waals surface area contributed by atoms with Gasteiger partial charge in [-0.05, 0) is 42.3 Å². The van der Waals surface area contributed by atoms with Gasteiger partial charge < -0.3 is 0 Å². The lowest BCUT2D eigenvalue weighted by molar-refractivity contribution is -0.116. The summed E-state index contributed by atoms with van der Waals surface area (Å²) in [5.41, 5.74) is 5.40. The van der Waals surface area contributed by atoms with Gasteiger partial charge in [-0.3, -0.25) is 14.9 Å². The Morgan fingerprint density at radius 1 is 1.36 bits per heavy atom.